The number of esters is 3. The molecule has 0 aromatic rings. The van der Waals surface area contributed by atoms with Gasteiger partial charge in [-0.15, -0.1) is 0 Å². The van der Waals surface area contributed by atoms with Gasteiger partial charge in [0.1, 0.15) is 13.2 Å². The lowest BCUT2D eigenvalue weighted by atomic mass is 10.0. The third kappa shape index (κ3) is 67.3. The molecule has 0 aromatic carbocycles. The van der Waals surface area contributed by atoms with E-state index in [-0.39, 0.29) is 31.1 Å². The van der Waals surface area contributed by atoms with E-state index in [0.717, 1.165) is 103 Å². The van der Waals surface area contributed by atoms with E-state index in [4.69, 9.17) is 14.2 Å². The van der Waals surface area contributed by atoms with Gasteiger partial charge >= 0.3 is 17.9 Å². The first-order valence-electron chi connectivity index (χ1n) is 35.1. The standard InChI is InChI=1S/C75H132O6/c1-4-7-10-13-16-19-22-25-28-31-33-35-37-39-41-44-47-50-53-56-59-62-65-68-74(77)80-71-72(70-79-73(76)67-64-61-58-55-52-49-46-43-30-27-24-21-18-15-12-9-6-3)81-75(78)69-66-63-60-57-54-51-48-45-42-40-38-36-34-32-29-26-23-20-17-14-11-8-5-2/h9,12,18,21-22,25,27,30-34,46,49,72H,4-8,10-11,13-17,19-20,23-24,26,28-29,35-45,47-48,50-71H2,1-3H3/b12-9-,21-18-,25-22-,30-27-,33-31-,34-32-,49-46-. The molecule has 0 bridgehead atoms. The minimum atomic E-state index is -0.790. The quantitative estimate of drug-likeness (QED) is 0.0261. The molecule has 1 atom stereocenters. The van der Waals surface area contributed by atoms with Gasteiger partial charge in [0.2, 0.25) is 0 Å². The molecule has 81 heavy (non-hydrogen) atoms. The lowest BCUT2D eigenvalue weighted by Crippen LogP contribution is -2.30. The molecule has 1 unspecified atom stereocenters. The average Bonchev–Trinajstić information content (AvgIpc) is 3.47. The van der Waals surface area contributed by atoms with E-state index in [1.165, 1.54) is 212 Å². The number of allylic oxidation sites excluding steroid dienone is 14. The van der Waals surface area contributed by atoms with Crippen LogP contribution in [-0.2, 0) is 28.6 Å². The van der Waals surface area contributed by atoms with Crippen LogP contribution in [0.4, 0.5) is 0 Å². The van der Waals surface area contributed by atoms with Crippen LogP contribution in [0.5, 0.6) is 0 Å². The summed E-state index contributed by atoms with van der Waals surface area (Å²) in [5.41, 5.74) is 0. The zero-order valence-electron chi connectivity index (χ0n) is 53.8. The zero-order chi connectivity index (χ0) is 58.5. The van der Waals surface area contributed by atoms with Crippen LogP contribution in [-0.4, -0.2) is 37.2 Å². The second-order valence-corrected chi connectivity index (χ2v) is 23.4. The third-order valence-corrected chi connectivity index (χ3v) is 15.4. The minimum Gasteiger partial charge on any atom is -0.462 e. The number of unbranched alkanes of at least 4 members (excludes halogenated alkanes) is 39. The molecule has 0 aliphatic carbocycles. The van der Waals surface area contributed by atoms with Crippen LogP contribution < -0.4 is 0 Å². The van der Waals surface area contributed by atoms with Crippen molar-refractivity contribution in [3.63, 3.8) is 0 Å². The Morgan fingerprint density at radius 3 is 0.765 bits per heavy atom. The largest absolute Gasteiger partial charge is 0.462 e. The molecule has 0 saturated carbocycles. The van der Waals surface area contributed by atoms with E-state index in [0.29, 0.717) is 19.3 Å². The van der Waals surface area contributed by atoms with Crippen molar-refractivity contribution in [1.29, 1.82) is 0 Å². The van der Waals surface area contributed by atoms with Crippen LogP contribution in [0.25, 0.3) is 0 Å². The van der Waals surface area contributed by atoms with Gasteiger partial charge in [0.25, 0.3) is 0 Å². The van der Waals surface area contributed by atoms with E-state index in [9.17, 15) is 14.4 Å². The van der Waals surface area contributed by atoms with Crippen LogP contribution >= 0.6 is 0 Å². The second kappa shape index (κ2) is 69.1. The van der Waals surface area contributed by atoms with Crippen LogP contribution in [0.1, 0.15) is 355 Å². The molecule has 468 valence electrons. The molecule has 0 fully saturated rings. The van der Waals surface area contributed by atoms with E-state index in [1.54, 1.807) is 0 Å². The fourth-order valence-electron chi connectivity index (χ4n) is 10.1. The number of carbonyl (C=O) groups excluding carboxylic acids is 3. The fraction of sp³-hybridized carbons (Fsp3) is 0.773. The Kier molecular flexibility index (Phi) is 66.2. The molecular formula is C75H132O6. The predicted molar refractivity (Wildman–Crippen MR) is 353 cm³/mol. The van der Waals surface area contributed by atoms with Crippen molar-refractivity contribution >= 4 is 17.9 Å². The van der Waals surface area contributed by atoms with Gasteiger partial charge < -0.3 is 14.2 Å². The molecule has 0 N–H and O–H groups in total. The van der Waals surface area contributed by atoms with Gasteiger partial charge in [0.15, 0.2) is 6.10 Å². The maximum absolute atomic E-state index is 13.0. The van der Waals surface area contributed by atoms with Gasteiger partial charge in [0.05, 0.1) is 0 Å². The van der Waals surface area contributed by atoms with E-state index in [2.05, 4.69) is 106 Å². The number of hydrogen-bond donors (Lipinski definition) is 0. The summed E-state index contributed by atoms with van der Waals surface area (Å²) in [5, 5.41) is 0. The Bertz CT molecular complexity index is 1530. The number of carbonyl (C=O) groups is 3. The van der Waals surface area contributed by atoms with E-state index in [1.807, 2.05) is 0 Å². The average molecular weight is 1130 g/mol. The number of hydrogen-bond acceptors (Lipinski definition) is 6. The molecule has 0 rings (SSSR count). The topological polar surface area (TPSA) is 78.9 Å². The molecule has 0 aromatic heterocycles. The first-order chi connectivity index (χ1) is 40.0. The van der Waals surface area contributed by atoms with Gasteiger partial charge in [-0.05, 0) is 116 Å². The lowest BCUT2D eigenvalue weighted by molar-refractivity contribution is -0.167. The highest BCUT2D eigenvalue weighted by Crippen LogP contribution is 2.17. The summed E-state index contributed by atoms with van der Waals surface area (Å²) in [4.78, 5) is 38.5. The third-order valence-electron chi connectivity index (χ3n) is 15.4. The normalized spacial score (nSPS) is 12.6. The van der Waals surface area contributed by atoms with Gasteiger partial charge in [-0.3, -0.25) is 14.4 Å². The number of rotatable bonds is 64. The molecule has 0 saturated heterocycles. The van der Waals surface area contributed by atoms with Crippen LogP contribution in [0.15, 0.2) is 85.1 Å². The van der Waals surface area contributed by atoms with Crippen molar-refractivity contribution < 1.29 is 28.6 Å². The Morgan fingerprint density at radius 1 is 0.259 bits per heavy atom. The Morgan fingerprint density at radius 2 is 0.481 bits per heavy atom. The van der Waals surface area contributed by atoms with E-state index >= 15 is 0 Å². The fourth-order valence-corrected chi connectivity index (χ4v) is 10.1. The summed E-state index contributed by atoms with van der Waals surface area (Å²) < 4.78 is 17.0. The molecule has 0 amide bonds. The van der Waals surface area contributed by atoms with Crippen molar-refractivity contribution in [3.05, 3.63) is 85.1 Å². The van der Waals surface area contributed by atoms with Gasteiger partial charge in [-0.1, -0.05) is 305 Å². The minimum absolute atomic E-state index is 0.0841. The van der Waals surface area contributed by atoms with Gasteiger partial charge in [0, 0.05) is 19.3 Å². The Labute approximate surface area is 503 Å². The number of ether oxygens (including phenoxy) is 3. The van der Waals surface area contributed by atoms with Crippen molar-refractivity contribution in [2.45, 2.75) is 361 Å². The molecule has 0 spiro atoms. The summed E-state index contributed by atoms with van der Waals surface area (Å²) in [6, 6.07) is 0. The van der Waals surface area contributed by atoms with Gasteiger partial charge in [-0.2, -0.15) is 0 Å². The Hall–Kier alpha value is -3.41. The maximum Gasteiger partial charge on any atom is 0.306 e. The molecule has 0 aliphatic rings. The van der Waals surface area contributed by atoms with Crippen LogP contribution in [0.3, 0.4) is 0 Å². The maximum atomic E-state index is 13.0. The summed E-state index contributed by atoms with van der Waals surface area (Å²) >= 11 is 0. The van der Waals surface area contributed by atoms with Crippen molar-refractivity contribution in [3.8, 4) is 0 Å². The van der Waals surface area contributed by atoms with Crippen molar-refractivity contribution in [2.75, 3.05) is 13.2 Å². The highest BCUT2D eigenvalue weighted by molar-refractivity contribution is 5.71. The van der Waals surface area contributed by atoms with Crippen LogP contribution in [0, 0.1) is 0 Å². The smallest absolute Gasteiger partial charge is 0.306 e. The summed E-state index contributed by atoms with van der Waals surface area (Å²) in [5.74, 6) is -0.894. The summed E-state index contributed by atoms with van der Waals surface area (Å²) in [7, 11) is 0. The molecular weight excluding hydrogens is 997 g/mol. The predicted octanol–water partition coefficient (Wildman–Crippen LogP) is 24.2. The Balaban J connectivity index is 4.37. The lowest BCUT2D eigenvalue weighted by Gasteiger charge is -2.18. The molecule has 0 aliphatic heterocycles. The van der Waals surface area contributed by atoms with Gasteiger partial charge in [-0.25, -0.2) is 0 Å². The summed E-state index contributed by atoms with van der Waals surface area (Å²) in [6.45, 7) is 6.54. The first-order valence-corrected chi connectivity index (χ1v) is 35.1. The molecule has 0 heterocycles. The second-order valence-electron chi connectivity index (χ2n) is 23.4. The molecule has 0 radical (unpaired) electrons. The summed E-state index contributed by atoms with van der Waals surface area (Å²) in [6.07, 6.45) is 91.7. The highest BCUT2D eigenvalue weighted by atomic mass is 16.6. The van der Waals surface area contributed by atoms with Crippen molar-refractivity contribution in [1.82, 2.24) is 0 Å². The zero-order valence-corrected chi connectivity index (χ0v) is 53.8. The SMILES string of the molecule is CC/C=C\C/C=C\C/C=C\C/C=C\CCCCCCC(=O)OCC(COC(=O)CCCCCCCCCCCCC/C=C\C/C=C\CCCCCCC)OC(=O)CCCCCCCCCCCCC/C=C\CCCCCCCCCC. The van der Waals surface area contributed by atoms with Crippen molar-refractivity contribution in [2.24, 2.45) is 0 Å². The van der Waals surface area contributed by atoms with Crippen LogP contribution in [0.2, 0.25) is 0 Å². The van der Waals surface area contributed by atoms with E-state index < -0.39 is 6.10 Å². The monoisotopic (exact) mass is 1130 g/mol. The molecule has 6 nitrogen and oxygen atoms in total. The highest BCUT2D eigenvalue weighted by Gasteiger charge is 2.19. The first kappa shape index (κ1) is 77.6. The molecule has 6 heteroatoms.